The van der Waals surface area contributed by atoms with Crippen LogP contribution in [-0.4, -0.2) is 59.2 Å². The first-order chi connectivity index (χ1) is 13.7. The smallest absolute Gasteiger partial charge is 0.338 e. The van der Waals surface area contributed by atoms with E-state index in [-0.39, 0.29) is 23.2 Å². The normalized spacial score (nSPS) is 20.7. The Morgan fingerprint density at radius 1 is 1.34 bits per heavy atom. The number of aryl methyl sites for hydroxylation is 1. The van der Waals surface area contributed by atoms with E-state index in [1.54, 1.807) is 26.0 Å². The van der Waals surface area contributed by atoms with E-state index in [1.807, 2.05) is 17.6 Å². The number of nitrogens with one attached hydrogen (secondary N) is 1. The highest BCUT2D eigenvalue weighted by molar-refractivity contribution is 7.99. The number of aromatic nitrogens is 2. The van der Waals surface area contributed by atoms with Gasteiger partial charge in [-0.3, -0.25) is 4.79 Å². The van der Waals surface area contributed by atoms with Crippen molar-refractivity contribution in [2.45, 2.75) is 44.4 Å². The molecule has 10 heteroatoms. The summed E-state index contributed by atoms with van der Waals surface area (Å²) in [5.41, 5.74) is 1.26. The first kappa shape index (κ1) is 21.6. The summed E-state index contributed by atoms with van der Waals surface area (Å²) in [5.74, 6) is -0.416. The van der Waals surface area contributed by atoms with E-state index in [0.29, 0.717) is 35.8 Å². The fraction of sp³-hybridized carbons (Fsp3) is 0.526. The van der Waals surface area contributed by atoms with Crippen molar-refractivity contribution in [1.82, 2.24) is 14.9 Å². The predicted molar refractivity (Wildman–Crippen MR) is 112 cm³/mol. The standard InChI is InChI=1S/C19H25N3O5S2/c1-4-22-15-7-6-13(17(24)27-5-2)10-14(15)20-18(22)28-11-16(23)21-19(3)8-9-29(25,26)12-19/h6-7,10H,4-5,8-9,11-12H2,1-3H3,(H,21,23). The Morgan fingerprint density at radius 2 is 2.10 bits per heavy atom. The molecule has 8 nitrogen and oxygen atoms in total. The maximum Gasteiger partial charge on any atom is 0.338 e. The average molecular weight is 440 g/mol. The number of rotatable bonds is 7. The minimum atomic E-state index is -3.09. The molecule has 0 saturated carbocycles. The number of hydrogen-bond acceptors (Lipinski definition) is 7. The number of carbonyl (C=O) groups excluding carboxylic acids is 2. The van der Waals surface area contributed by atoms with Crippen molar-refractivity contribution in [1.29, 1.82) is 0 Å². The second-order valence-electron chi connectivity index (χ2n) is 7.30. The quantitative estimate of drug-likeness (QED) is 0.519. The van der Waals surface area contributed by atoms with Gasteiger partial charge >= 0.3 is 5.97 Å². The molecule has 1 aromatic heterocycles. The summed E-state index contributed by atoms with van der Waals surface area (Å²) in [5, 5.41) is 3.52. The molecule has 0 radical (unpaired) electrons. The molecule has 0 spiro atoms. The molecule has 3 rings (SSSR count). The van der Waals surface area contributed by atoms with Crippen molar-refractivity contribution in [3.05, 3.63) is 23.8 Å². The van der Waals surface area contributed by atoms with E-state index in [2.05, 4.69) is 10.3 Å². The van der Waals surface area contributed by atoms with Gasteiger partial charge in [-0.25, -0.2) is 18.2 Å². The third kappa shape index (κ3) is 4.92. The highest BCUT2D eigenvalue weighted by Crippen LogP contribution is 2.26. The van der Waals surface area contributed by atoms with E-state index < -0.39 is 21.3 Å². The molecular weight excluding hydrogens is 414 g/mol. The van der Waals surface area contributed by atoms with Gasteiger partial charge in [0.1, 0.15) is 0 Å². The molecule has 1 atom stereocenters. The predicted octanol–water partition coefficient (Wildman–Crippen LogP) is 2.02. The molecule has 2 aromatic rings. The minimum Gasteiger partial charge on any atom is -0.462 e. The maximum absolute atomic E-state index is 12.4. The lowest BCUT2D eigenvalue weighted by Gasteiger charge is -2.23. The molecule has 29 heavy (non-hydrogen) atoms. The van der Waals surface area contributed by atoms with Crippen molar-refractivity contribution in [2.24, 2.45) is 0 Å². The Balaban J connectivity index is 1.72. The fourth-order valence-corrected chi connectivity index (χ4v) is 6.45. The summed E-state index contributed by atoms with van der Waals surface area (Å²) in [6.07, 6.45) is 0.426. The van der Waals surface area contributed by atoms with E-state index in [1.165, 1.54) is 11.8 Å². The second kappa shape index (κ2) is 8.35. The molecule has 1 saturated heterocycles. The third-order valence-electron chi connectivity index (χ3n) is 4.82. The Kier molecular flexibility index (Phi) is 6.23. The number of ether oxygens (including phenoxy) is 1. The van der Waals surface area contributed by atoms with Gasteiger partial charge in [-0.1, -0.05) is 11.8 Å². The van der Waals surface area contributed by atoms with Crippen LogP contribution < -0.4 is 5.32 Å². The summed E-state index contributed by atoms with van der Waals surface area (Å²) < 4.78 is 30.4. The number of sulfone groups is 1. The van der Waals surface area contributed by atoms with E-state index in [4.69, 9.17) is 4.74 Å². The molecule has 1 fully saturated rings. The molecule has 158 valence electrons. The Morgan fingerprint density at radius 3 is 2.72 bits per heavy atom. The van der Waals surface area contributed by atoms with Crippen molar-refractivity contribution in [2.75, 3.05) is 23.9 Å². The van der Waals surface area contributed by atoms with Crippen molar-refractivity contribution in [3.8, 4) is 0 Å². The molecule has 0 aliphatic carbocycles. The SMILES string of the molecule is CCOC(=O)c1ccc2c(c1)nc(SCC(=O)NC1(C)CCS(=O)(=O)C1)n2CC. The summed E-state index contributed by atoms with van der Waals surface area (Å²) in [7, 11) is -3.09. The van der Waals surface area contributed by atoms with Gasteiger partial charge < -0.3 is 14.6 Å². The number of esters is 1. The van der Waals surface area contributed by atoms with Crippen molar-refractivity contribution < 1.29 is 22.7 Å². The van der Waals surface area contributed by atoms with Gasteiger partial charge in [0.05, 0.1) is 46.0 Å². The number of thioether (sulfide) groups is 1. The van der Waals surface area contributed by atoms with Gasteiger partial charge in [0, 0.05) is 6.54 Å². The first-order valence-electron chi connectivity index (χ1n) is 9.48. The van der Waals surface area contributed by atoms with E-state index >= 15 is 0 Å². The summed E-state index contributed by atoms with van der Waals surface area (Å²) >= 11 is 1.29. The van der Waals surface area contributed by atoms with Crippen molar-refractivity contribution >= 4 is 44.5 Å². The van der Waals surface area contributed by atoms with Crippen LogP contribution in [0.2, 0.25) is 0 Å². The van der Waals surface area contributed by atoms with E-state index in [0.717, 1.165) is 5.52 Å². The van der Waals surface area contributed by atoms with Gasteiger partial charge in [0.25, 0.3) is 0 Å². The molecule has 1 aliphatic heterocycles. The van der Waals surface area contributed by atoms with Gasteiger partial charge in [-0.2, -0.15) is 0 Å². The van der Waals surface area contributed by atoms with Crippen LogP contribution in [0.1, 0.15) is 37.6 Å². The lowest BCUT2D eigenvalue weighted by Crippen LogP contribution is -2.47. The average Bonchev–Trinajstić information content (AvgIpc) is 3.14. The van der Waals surface area contributed by atoms with Crippen LogP contribution in [0, 0.1) is 0 Å². The number of imidazole rings is 1. The van der Waals surface area contributed by atoms with Gasteiger partial charge in [-0.15, -0.1) is 0 Å². The Hall–Kier alpha value is -2.07. The molecular formula is C19H25N3O5S2. The fourth-order valence-electron chi connectivity index (χ4n) is 3.48. The number of nitrogens with zero attached hydrogens (tertiary/aromatic N) is 2. The zero-order chi connectivity index (χ0) is 21.2. The number of benzene rings is 1. The van der Waals surface area contributed by atoms with Gasteiger partial charge in [-0.05, 0) is 45.4 Å². The van der Waals surface area contributed by atoms with Crippen LogP contribution in [0.5, 0.6) is 0 Å². The summed E-state index contributed by atoms with van der Waals surface area (Å²) in [6, 6.07) is 5.22. The molecule has 1 aromatic carbocycles. The van der Waals surface area contributed by atoms with Crippen LogP contribution in [0.15, 0.2) is 23.4 Å². The van der Waals surface area contributed by atoms with Crippen LogP contribution in [0.25, 0.3) is 11.0 Å². The third-order valence-corrected chi connectivity index (χ3v) is 7.70. The lowest BCUT2D eigenvalue weighted by molar-refractivity contribution is -0.120. The number of amides is 1. The minimum absolute atomic E-state index is 0.0273. The largest absolute Gasteiger partial charge is 0.462 e. The summed E-state index contributed by atoms with van der Waals surface area (Å²) in [6.45, 7) is 6.46. The van der Waals surface area contributed by atoms with Crippen LogP contribution in [0.3, 0.4) is 0 Å². The Bertz CT molecular complexity index is 1050. The van der Waals surface area contributed by atoms with Crippen LogP contribution in [-0.2, 0) is 25.9 Å². The first-order valence-corrected chi connectivity index (χ1v) is 12.3. The maximum atomic E-state index is 12.4. The number of hydrogen-bond donors (Lipinski definition) is 1. The molecule has 0 bridgehead atoms. The topological polar surface area (TPSA) is 107 Å². The molecule has 2 heterocycles. The van der Waals surface area contributed by atoms with Crippen LogP contribution >= 0.6 is 11.8 Å². The highest BCUT2D eigenvalue weighted by Gasteiger charge is 2.39. The lowest BCUT2D eigenvalue weighted by atomic mass is 10.0. The molecule has 1 N–H and O–H groups in total. The Labute approximate surface area is 174 Å². The number of carbonyl (C=O) groups is 2. The second-order valence-corrected chi connectivity index (χ2v) is 10.4. The van der Waals surface area contributed by atoms with E-state index in [9.17, 15) is 18.0 Å². The monoisotopic (exact) mass is 439 g/mol. The zero-order valence-corrected chi connectivity index (χ0v) is 18.4. The zero-order valence-electron chi connectivity index (χ0n) is 16.7. The van der Waals surface area contributed by atoms with Crippen molar-refractivity contribution in [3.63, 3.8) is 0 Å². The van der Waals surface area contributed by atoms with Gasteiger partial charge in [0.2, 0.25) is 5.91 Å². The summed E-state index contributed by atoms with van der Waals surface area (Å²) in [4.78, 5) is 28.9. The highest BCUT2D eigenvalue weighted by atomic mass is 32.2. The van der Waals surface area contributed by atoms with Gasteiger partial charge in [0.15, 0.2) is 15.0 Å². The molecule has 1 aliphatic rings. The molecule has 1 amide bonds. The molecule has 1 unspecified atom stereocenters. The number of fused-ring (bicyclic) bond motifs is 1. The van der Waals surface area contributed by atoms with Crippen LogP contribution in [0.4, 0.5) is 0 Å².